The van der Waals surface area contributed by atoms with Crippen LogP contribution in [0.25, 0.3) is 0 Å². The monoisotopic (exact) mass is 238 g/mol. The number of amides is 1. The lowest BCUT2D eigenvalue weighted by atomic mass is 9.86. The second-order valence-corrected chi connectivity index (χ2v) is 5.66. The molecular weight excluding hydrogens is 212 g/mol. The van der Waals surface area contributed by atoms with Crippen molar-refractivity contribution >= 4 is 5.91 Å². The zero-order chi connectivity index (χ0) is 12.3. The molecule has 98 valence electrons. The number of carbonyl (C=O) groups excluding carboxylic acids is 1. The number of hydrogen-bond donors (Lipinski definition) is 1. The Morgan fingerprint density at radius 1 is 1.24 bits per heavy atom. The summed E-state index contributed by atoms with van der Waals surface area (Å²) in [5.74, 6) is 0.937. The van der Waals surface area contributed by atoms with Gasteiger partial charge in [-0.3, -0.25) is 9.69 Å². The maximum Gasteiger partial charge on any atom is 0.237 e. The molecule has 1 saturated carbocycles. The molecule has 3 nitrogen and oxygen atoms in total. The maximum atomic E-state index is 12.3. The molecule has 0 aromatic heterocycles. The Balaban J connectivity index is 1.87. The predicted octanol–water partition coefficient (Wildman–Crippen LogP) is 2.17. The summed E-state index contributed by atoms with van der Waals surface area (Å²) in [5, 5.41) is 3.29. The lowest BCUT2D eigenvalue weighted by Gasteiger charge is -2.31. The molecule has 2 aliphatic rings. The van der Waals surface area contributed by atoms with Gasteiger partial charge in [0.1, 0.15) is 0 Å². The van der Waals surface area contributed by atoms with Crippen LogP contribution in [0.2, 0.25) is 0 Å². The van der Waals surface area contributed by atoms with E-state index in [1.165, 1.54) is 32.1 Å². The van der Waals surface area contributed by atoms with Gasteiger partial charge < -0.3 is 5.32 Å². The summed E-state index contributed by atoms with van der Waals surface area (Å²) < 4.78 is 0. The predicted molar refractivity (Wildman–Crippen MR) is 69.8 cm³/mol. The molecule has 0 aromatic carbocycles. The maximum absolute atomic E-state index is 12.3. The average Bonchev–Trinajstić information content (AvgIpc) is 2.80. The van der Waals surface area contributed by atoms with Crippen molar-refractivity contribution in [3.05, 3.63) is 0 Å². The van der Waals surface area contributed by atoms with Crippen LogP contribution in [0.15, 0.2) is 0 Å². The quantitative estimate of drug-likeness (QED) is 0.817. The molecule has 1 aliphatic carbocycles. The summed E-state index contributed by atoms with van der Waals surface area (Å²) >= 11 is 0. The first-order valence-electron chi connectivity index (χ1n) is 7.26. The lowest BCUT2D eigenvalue weighted by molar-refractivity contribution is -0.126. The molecular formula is C14H26N2O. The van der Waals surface area contributed by atoms with Crippen LogP contribution in [0.4, 0.5) is 0 Å². The van der Waals surface area contributed by atoms with Gasteiger partial charge in [0.25, 0.3) is 0 Å². The first-order valence-corrected chi connectivity index (χ1v) is 7.26. The van der Waals surface area contributed by atoms with Gasteiger partial charge in [0.15, 0.2) is 0 Å². The van der Waals surface area contributed by atoms with E-state index in [0.29, 0.717) is 12.0 Å². The first kappa shape index (κ1) is 12.9. The highest BCUT2D eigenvalue weighted by Gasteiger charge is 2.32. The molecule has 1 amide bonds. The largest absolute Gasteiger partial charge is 0.352 e. The van der Waals surface area contributed by atoms with E-state index < -0.39 is 0 Å². The van der Waals surface area contributed by atoms with Crippen molar-refractivity contribution in [3.8, 4) is 0 Å². The number of rotatable bonds is 3. The molecule has 1 N–H and O–H groups in total. The molecule has 0 bridgehead atoms. The van der Waals surface area contributed by atoms with Crippen molar-refractivity contribution in [1.82, 2.24) is 10.2 Å². The molecule has 0 radical (unpaired) electrons. The molecule has 1 heterocycles. The van der Waals surface area contributed by atoms with Crippen LogP contribution >= 0.6 is 0 Å². The number of likely N-dealkylation sites (tertiary alicyclic amines) is 1. The van der Waals surface area contributed by atoms with E-state index in [2.05, 4.69) is 24.1 Å². The highest BCUT2D eigenvalue weighted by atomic mass is 16.2. The van der Waals surface area contributed by atoms with Gasteiger partial charge in [0, 0.05) is 6.04 Å². The Labute approximate surface area is 105 Å². The number of likely N-dealkylation sites (N-methyl/N-ethyl adjacent to an activating group) is 1. The van der Waals surface area contributed by atoms with E-state index in [-0.39, 0.29) is 11.9 Å². The molecule has 3 heteroatoms. The van der Waals surface area contributed by atoms with Crippen molar-refractivity contribution in [1.29, 1.82) is 0 Å². The number of nitrogens with one attached hydrogen (secondary N) is 1. The van der Waals surface area contributed by atoms with Crippen molar-refractivity contribution in [2.24, 2.45) is 5.92 Å². The SMILES string of the molecule is CCN1CCC[C@@H]1C(=O)NC1CCCCC1C. The summed E-state index contributed by atoms with van der Waals surface area (Å²) in [6.07, 6.45) is 7.27. The first-order chi connectivity index (χ1) is 8.22. The van der Waals surface area contributed by atoms with E-state index in [9.17, 15) is 4.79 Å². The minimum atomic E-state index is 0.147. The van der Waals surface area contributed by atoms with Crippen LogP contribution in [0, 0.1) is 5.92 Å². The van der Waals surface area contributed by atoms with E-state index in [0.717, 1.165) is 19.5 Å². The van der Waals surface area contributed by atoms with Crippen LogP contribution in [0.1, 0.15) is 52.4 Å². The topological polar surface area (TPSA) is 32.3 Å². The Bertz CT molecular complexity index is 267. The second-order valence-electron chi connectivity index (χ2n) is 5.66. The van der Waals surface area contributed by atoms with Crippen molar-refractivity contribution in [2.45, 2.75) is 64.5 Å². The van der Waals surface area contributed by atoms with Crippen LogP contribution in [0.5, 0.6) is 0 Å². The molecule has 2 rings (SSSR count). The van der Waals surface area contributed by atoms with Crippen molar-refractivity contribution in [2.75, 3.05) is 13.1 Å². The Morgan fingerprint density at radius 3 is 2.71 bits per heavy atom. The number of nitrogens with zero attached hydrogens (tertiary/aromatic N) is 1. The molecule has 1 aliphatic heterocycles. The standard InChI is InChI=1S/C14H26N2O/c1-3-16-10-6-9-13(16)14(17)15-12-8-5-4-7-11(12)2/h11-13H,3-10H2,1-2H3,(H,15,17)/t11?,12?,13-/m1/s1. The van der Waals surface area contributed by atoms with Gasteiger partial charge >= 0.3 is 0 Å². The smallest absolute Gasteiger partial charge is 0.237 e. The zero-order valence-corrected chi connectivity index (χ0v) is 11.2. The molecule has 2 fully saturated rings. The van der Waals surface area contributed by atoms with Gasteiger partial charge in [-0.05, 0) is 44.7 Å². The fourth-order valence-electron chi connectivity index (χ4n) is 3.31. The third-order valence-corrected chi connectivity index (χ3v) is 4.51. The minimum Gasteiger partial charge on any atom is -0.352 e. The summed E-state index contributed by atoms with van der Waals surface area (Å²) in [4.78, 5) is 14.6. The van der Waals surface area contributed by atoms with Gasteiger partial charge in [-0.1, -0.05) is 26.7 Å². The minimum absolute atomic E-state index is 0.147. The summed E-state index contributed by atoms with van der Waals surface area (Å²) in [6.45, 7) is 6.51. The van der Waals surface area contributed by atoms with E-state index in [1.54, 1.807) is 0 Å². The van der Waals surface area contributed by atoms with Crippen molar-refractivity contribution < 1.29 is 4.79 Å². The van der Waals surface area contributed by atoms with Crippen LogP contribution in [-0.4, -0.2) is 36.0 Å². The Hall–Kier alpha value is -0.570. The molecule has 17 heavy (non-hydrogen) atoms. The van der Waals surface area contributed by atoms with Gasteiger partial charge in [-0.15, -0.1) is 0 Å². The third-order valence-electron chi connectivity index (χ3n) is 4.51. The molecule has 0 spiro atoms. The third kappa shape index (κ3) is 3.01. The van der Waals surface area contributed by atoms with Gasteiger partial charge in [0.05, 0.1) is 6.04 Å². The zero-order valence-electron chi connectivity index (χ0n) is 11.2. The Kier molecular flexibility index (Phi) is 4.43. The van der Waals surface area contributed by atoms with Gasteiger partial charge in [0.2, 0.25) is 5.91 Å². The number of hydrogen-bond acceptors (Lipinski definition) is 2. The van der Waals surface area contributed by atoms with Crippen LogP contribution < -0.4 is 5.32 Å². The highest BCUT2D eigenvalue weighted by molar-refractivity contribution is 5.82. The highest BCUT2D eigenvalue weighted by Crippen LogP contribution is 2.24. The van der Waals surface area contributed by atoms with E-state index >= 15 is 0 Å². The number of carbonyl (C=O) groups is 1. The fraction of sp³-hybridized carbons (Fsp3) is 0.929. The lowest BCUT2D eigenvalue weighted by Crippen LogP contribution is -2.49. The normalized spacial score (nSPS) is 34.8. The Morgan fingerprint density at radius 2 is 2.00 bits per heavy atom. The average molecular weight is 238 g/mol. The van der Waals surface area contributed by atoms with Gasteiger partial charge in [-0.2, -0.15) is 0 Å². The van der Waals surface area contributed by atoms with Gasteiger partial charge in [-0.25, -0.2) is 0 Å². The van der Waals surface area contributed by atoms with E-state index in [1.807, 2.05) is 0 Å². The summed E-state index contributed by atoms with van der Waals surface area (Å²) in [5.41, 5.74) is 0. The fourth-order valence-corrected chi connectivity index (χ4v) is 3.31. The van der Waals surface area contributed by atoms with Crippen molar-refractivity contribution in [3.63, 3.8) is 0 Å². The van der Waals surface area contributed by atoms with E-state index in [4.69, 9.17) is 0 Å². The molecule has 3 atom stereocenters. The molecule has 0 aromatic rings. The molecule has 1 saturated heterocycles. The second kappa shape index (κ2) is 5.85. The summed E-state index contributed by atoms with van der Waals surface area (Å²) in [6, 6.07) is 0.574. The molecule has 2 unspecified atom stereocenters. The van der Waals surface area contributed by atoms with Crippen LogP contribution in [-0.2, 0) is 4.79 Å². The summed E-state index contributed by atoms with van der Waals surface area (Å²) in [7, 11) is 0. The van der Waals surface area contributed by atoms with Crippen LogP contribution in [0.3, 0.4) is 0 Å².